The van der Waals surface area contributed by atoms with Gasteiger partial charge in [0.05, 0.1) is 5.56 Å². The van der Waals surface area contributed by atoms with Gasteiger partial charge in [-0.3, -0.25) is 14.7 Å². The molecule has 1 aliphatic carbocycles. The van der Waals surface area contributed by atoms with Crippen LogP contribution < -0.4 is 10.6 Å². The van der Waals surface area contributed by atoms with Gasteiger partial charge in [-0.15, -0.1) is 0 Å². The van der Waals surface area contributed by atoms with Crippen molar-refractivity contribution in [1.82, 2.24) is 20.2 Å². The number of carbonyl (C=O) groups is 1. The molecule has 0 spiro atoms. The Morgan fingerprint density at radius 2 is 2.10 bits per heavy atom. The van der Waals surface area contributed by atoms with Crippen LogP contribution >= 0.6 is 0 Å². The van der Waals surface area contributed by atoms with E-state index in [1.54, 1.807) is 0 Å². The quantitative estimate of drug-likeness (QED) is 0.757. The number of hydrogen-bond acceptors (Lipinski definition) is 5. The van der Waals surface area contributed by atoms with Crippen LogP contribution in [0.1, 0.15) is 53.9 Å². The Morgan fingerprint density at radius 3 is 2.83 bits per heavy atom. The SMILES string of the molecule is CC(C)Nc1nc2c(cc1C(=O)NCC1CC1)CCN(Cc1cccnc1)CC2. The molecule has 6 heteroatoms. The summed E-state index contributed by atoms with van der Waals surface area (Å²) in [7, 11) is 0. The average Bonchev–Trinajstić information content (AvgIpc) is 3.54. The topological polar surface area (TPSA) is 70.2 Å². The van der Waals surface area contributed by atoms with E-state index in [-0.39, 0.29) is 11.9 Å². The van der Waals surface area contributed by atoms with E-state index in [0.29, 0.717) is 17.3 Å². The lowest BCUT2D eigenvalue weighted by atomic mass is 10.0. The third-order valence-electron chi connectivity index (χ3n) is 5.60. The Kier molecular flexibility index (Phi) is 6.09. The predicted octanol–water partition coefficient (Wildman–Crippen LogP) is 3.04. The molecule has 2 aromatic rings. The summed E-state index contributed by atoms with van der Waals surface area (Å²) in [6.45, 7) is 7.75. The summed E-state index contributed by atoms with van der Waals surface area (Å²) in [6, 6.07) is 6.40. The fourth-order valence-corrected chi connectivity index (χ4v) is 3.80. The maximum absolute atomic E-state index is 12.8. The summed E-state index contributed by atoms with van der Waals surface area (Å²) in [4.78, 5) is 24.4. The zero-order valence-corrected chi connectivity index (χ0v) is 17.4. The van der Waals surface area contributed by atoms with Crippen LogP contribution in [0.5, 0.6) is 0 Å². The molecule has 1 saturated carbocycles. The lowest BCUT2D eigenvalue weighted by molar-refractivity contribution is 0.0952. The predicted molar refractivity (Wildman–Crippen MR) is 115 cm³/mol. The summed E-state index contributed by atoms with van der Waals surface area (Å²) in [5.74, 6) is 1.37. The van der Waals surface area contributed by atoms with Crippen LogP contribution in [-0.4, -0.2) is 46.5 Å². The van der Waals surface area contributed by atoms with Gasteiger partial charge in [-0.25, -0.2) is 4.98 Å². The number of amides is 1. The van der Waals surface area contributed by atoms with E-state index in [1.807, 2.05) is 18.5 Å². The van der Waals surface area contributed by atoms with E-state index >= 15 is 0 Å². The number of rotatable bonds is 7. The molecule has 0 bridgehead atoms. The third-order valence-corrected chi connectivity index (χ3v) is 5.60. The molecule has 2 aliphatic rings. The standard InChI is InChI=1S/C23H31N5O/c1-16(2)26-22-20(23(29)25-14-17-5-6-17)12-19-7-10-28(11-8-21(19)27-22)15-18-4-3-9-24-13-18/h3-4,9,12-13,16-17H,5-8,10-11,14-15H2,1-2H3,(H,25,29)(H,26,27). The minimum Gasteiger partial charge on any atom is -0.367 e. The van der Waals surface area contributed by atoms with E-state index < -0.39 is 0 Å². The molecule has 0 saturated heterocycles. The molecule has 0 radical (unpaired) electrons. The van der Waals surface area contributed by atoms with E-state index in [9.17, 15) is 4.79 Å². The van der Waals surface area contributed by atoms with Crippen LogP contribution in [0.3, 0.4) is 0 Å². The highest BCUT2D eigenvalue weighted by atomic mass is 16.1. The number of carbonyl (C=O) groups excluding carboxylic acids is 1. The van der Waals surface area contributed by atoms with Gasteiger partial charge in [-0.05, 0) is 62.3 Å². The van der Waals surface area contributed by atoms with Crippen LogP contribution in [0, 0.1) is 5.92 Å². The Bertz CT molecular complexity index is 848. The van der Waals surface area contributed by atoms with Crippen molar-refractivity contribution in [3.63, 3.8) is 0 Å². The van der Waals surface area contributed by atoms with Crippen molar-refractivity contribution >= 4 is 11.7 Å². The molecular weight excluding hydrogens is 362 g/mol. The molecule has 1 aliphatic heterocycles. The van der Waals surface area contributed by atoms with Crippen LogP contribution in [0.15, 0.2) is 30.6 Å². The largest absolute Gasteiger partial charge is 0.367 e. The zero-order chi connectivity index (χ0) is 20.2. The summed E-state index contributed by atoms with van der Waals surface area (Å²) in [5, 5.41) is 6.49. The molecule has 2 aromatic heterocycles. The van der Waals surface area contributed by atoms with Crippen molar-refractivity contribution in [2.24, 2.45) is 5.92 Å². The molecule has 154 valence electrons. The van der Waals surface area contributed by atoms with Crippen LogP contribution in [0.4, 0.5) is 5.82 Å². The van der Waals surface area contributed by atoms with E-state index in [0.717, 1.165) is 44.7 Å². The molecule has 1 amide bonds. The van der Waals surface area contributed by atoms with E-state index in [1.165, 1.54) is 24.0 Å². The van der Waals surface area contributed by atoms with Gasteiger partial charge >= 0.3 is 0 Å². The highest BCUT2D eigenvalue weighted by Gasteiger charge is 2.24. The molecule has 4 rings (SSSR count). The fourth-order valence-electron chi connectivity index (χ4n) is 3.80. The Balaban J connectivity index is 1.51. The number of nitrogens with one attached hydrogen (secondary N) is 2. The number of nitrogens with zero attached hydrogens (tertiary/aromatic N) is 3. The van der Waals surface area contributed by atoms with Gasteiger partial charge in [0.1, 0.15) is 5.82 Å². The van der Waals surface area contributed by atoms with Crippen molar-refractivity contribution in [2.45, 2.75) is 52.1 Å². The van der Waals surface area contributed by atoms with Crippen molar-refractivity contribution in [1.29, 1.82) is 0 Å². The number of hydrogen-bond donors (Lipinski definition) is 2. The van der Waals surface area contributed by atoms with Gasteiger partial charge in [0.15, 0.2) is 0 Å². The number of fused-ring (bicyclic) bond motifs is 1. The van der Waals surface area contributed by atoms with Crippen LogP contribution in [0.25, 0.3) is 0 Å². The smallest absolute Gasteiger partial charge is 0.255 e. The van der Waals surface area contributed by atoms with Gasteiger partial charge in [0.25, 0.3) is 5.91 Å². The van der Waals surface area contributed by atoms with Crippen LogP contribution in [0.2, 0.25) is 0 Å². The minimum absolute atomic E-state index is 0.00758. The van der Waals surface area contributed by atoms with Gasteiger partial charge < -0.3 is 10.6 Å². The first-order valence-electron chi connectivity index (χ1n) is 10.8. The molecule has 0 aromatic carbocycles. The lowest BCUT2D eigenvalue weighted by Crippen LogP contribution is -2.28. The molecule has 1 fully saturated rings. The van der Waals surface area contributed by atoms with Gasteiger partial charge in [-0.1, -0.05) is 6.07 Å². The van der Waals surface area contributed by atoms with Crippen molar-refractivity contribution < 1.29 is 4.79 Å². The van der Waals surface area contributed by atoms with Crippen molar-refractivity contribution in [3.05, 3.63) is 53.0 Å². The third kappa shape index (κ3) is 5.32. The Hall–Kier alpha value is -2.47. The van der Waals surface area contributed by atoms with E-state index in [4.69, 9.17) is 4.98 Å². The second kappa shape index (κ2) is 8.91. The Morgan fingerprint density at radius 1 is 1.28 bits per heavy atom. The zero-order valence-electron chi connectivity index (χ0n) is 17.4. The second-order valence-corrected chi connectivity index (χ2v) is 8.58. The lowest BCUT2D eigenvalue weighted by Gasteiger charge is -2.19. The van der Waals surface area contributed by atoms with Gasteiger partial charge in [0.2, 0.25) is 0 Å². The molecule has 3 heterocycles. The van der Waals surface area contributed by atoms with Crippen molar-refractivity contribution in [3.8, 4) is 0 Å². The normalized spacial score (nSPS) is 16.9. The maximum Gasteiger partial charge on any atom is 0.255 e. The van der Waals surface area contributed by atoms with Crippen molar-refractivity contribution in [2.75, 3.05) is 25.0 Å². The molecular formula is C23H31N5O. The van der Waals surface area contributed by atoms with Gasteiger partial charge in [0, 0.05) is 56.7 Å². The summed E-state index contributed by atoms with van der Waals surface area (Å²) in [6.07, 6.45) is 8.01. The molecule has 6 nitrogen and oxygen atoms in total. The molecule has 0 unspecified atom stereocenters. The van der Waals surface area contributed by atoms with E-state index in [2.05, 4.69) is 46.5 Å². The first kappa shape index (κ1) is 19.8. The highest BCUT2D eigenvalue weighted by Crippen LogP contribution is 2.28. The second-order valence-electron chi connectivity index (χ2n) is 8.58. The summed E-state index contributed by atoms with van der Waals surface area (Å²) >= 11 is 0. The first-order valence-corrected chi connectivity index (χ1v) is 10.8. The first-order chi connectivity index (χ1) is 14.1. The number of aromatic nitrogens is 2. The molecule has 2 N–H and O–H groups in total. The summed E-state index contributed by atoms with van der Waals surface area (Å²) < 4.78 is 0. The van der Waals surface area contributed by atoms with Crippen LogP contribution in [-0.2, 0) is 19.4 Å². The Labute approximate surface area is 173 Å². The highest BCUT2D eigenvalue weighted by molar-refractivity contribution is 5.99. The molecule has 0 atom stereocenters. The number of anilines is 1. The number of pyridine rings is 2. The fraction of sp³-hybridized carbons (Fsp3) is 0.522. The summed E-state index contributed by atoms with van der Waals surface area (Å²) in [5.41, 5.74) is 4.22. The minimum atomic E-state index is -0.00758. The molecule has 29 heavy (non-hydrogen) atoms. The average molecular weight is 394 g/mol. The van der Waals surface area contributed by atoms with Gasteiger partial charge in [-0.2, -0.15) is 0 Å². The maximum atomic E-state index is 12.8. The monoisotopic (exact) mass is 393 g/mol.